The topological polar surface area (TPSA) is 106 Å². The van der Waals surface area contributed by atoms with Crippen LogP contribution in [0, 0.1) is 0 Å². The molecule has 0 radical (unpaired) electrons. The lowest BCUT2D eigenvalue weighted by molar-refractivity contribution is 0.0681. The molecule has 0 bridgehead atoms. The number of hydrogen-bond donors (Lipinski definition) is 4. The number of nitrogens with one attached hydrogen (secondary N) is 2. The minimum atomic E-state index is -1.07. The maximum Gasteiger partial charge on any atom is 0.352 e. The predicted octanol–water partition coefficient (Wildman–Crippen LogP) is 3.64. The second-order valence-corrected chi connectivity index (χ2v) is 5.84. The predicted molar refractivity (Wildman–Crippen MR) is 93.3 cm³/mol. The Kier molecular flexibility index (Phi) is 3.32. The third kappa shape index (κ3) is 2.35. The summed E-state index contributed by atoms with van der Waals surface area (Å²) in [5.74, 6) is -2.13. The highest BCUT2D eigenvalue weighted by atomic mass is 16.4. The van der Waals surface area contributed by atoms with Gasteiger partial charge >= 0.3 is 11.9 Å². The van der Waals surface area contributed by atoms with Gasteiger partial charge in [-0.3, -0.25) is 0 Å². The minimum Gasteiger partial charge on any atom is -0.477 e. The van der Waals surface area contributed by atoms with Gasteiger partial charge in [0.05, 0.1) is 0 Å². The summed E-state index contributed by atoms with van der Waals surface area (Å²) in [6.45, 7) is 0. The van der Waals surface area contributed by atoms with Gasteiger partial charge in [0.15, 0.2) is 0 Å². The van der Waals surface area contributed by atoms with E-state index in [0.717, 1.165) is 10.8 Å². The maximum absolute atomic E-state index is 11.6. The summed E-state index contributed by atoms with van der Waals surface area (Å²) in [5.41, 5.74) is 2.76. The molecule has 2 aromatic carbocycles. The number of benzene rings is 2. The van der Waals surface area contributed by atoms with Crippen molar-refractivity contribution in [2.24, 2.45) is 0 Å². The molecule has 4 rings (SSSR count). The summed E-state index contributed by atoms with van der Waals surface area (Å²) in [7, 11) is 0. The van der Waals surface area contributed by atoms with Gasteiger partial charge in [-0.2, -0.15) is 0 Å². The molecular formula is C19H14N2O4. The Morgan fingerprint density at radius 3 is 1.52 bits per heavy atom. The molecule has 6 heteroatoms. The van der Waals surface area contributed by atoms with Crippen LogP contribution >= 0.6 is 0 Å². The van der Waals surface area contributed by atoms with E-state index >= 15 is 0 Å². The molecule has 2 heterocycles. The molecule has 0 unspecified atom stereocenters. The summed E-state index contributed by atoms with van der Waals surface area (Å²) < 4.78 is 0. The van der Waals surface area contributed by atoms with Gasteiger partial charge in [0.1, 0.15) is 11.4 Å². The number of aromatic amines is 2. The van der Waals surface area contributed by atoms with Crippen molar-refractivity contribution in [1.82, 2.24) is 9.97 Å². The fraction of sp³-hybridized carbons (Fsp3) is 0.0526. The molecule has 0 aliphatic heterocycles. The smallest absolute Gasteiger partial charge is 0.352 e. The maximum atomic E-state index is 11.6. The van der Waals surface area contributed by atoms with Crippen molar-refractivity contribution in [3.63, 3.8) is 0 Å². The van der Waals surface area contributed by atoms with Crippen LogP contribution < -0.4 is 0 Å². The zero-order chi connectivity index (χ0) is 17.6. The summed E-state index contributed by atoms with van der Waals surface area (Å²) in [6, 6.07) is 14.6. The van der Waals surface area contributed by atoms with Crippen LogP contribution in [0.25, 0.3) is 21.8 Å². The first kappa shape index (κ1) is 15.0. The summed E-state index contributed by atoms with van der Waals surface area (Å²) in [6.07, 6.45) is 0.206. The number of carboxylic acids is 2. The first-order valence-corrected chi connectivity index (χ1v) is 7.72. The molecule has 0 aliphatic carbocycles. The highest BCUT2D eigenvalue weighted by molar-refractivity contribution is 6.00. The van der Waals surface area contributed by atoms with E-state index in [1.807, 2.05) is 36.4 Å². The summed E-state index contributed by atoms with van der Waals surface area (Å²) >= 11 is 0. The third-order valence-electron chi connectivity index (χ3n) is 4.41. The molecule has 0 saturated heterocycles. The Hall–Kier alpha value is -3.54. The van der Waals surface area contributed by atoms with Crippen molar-refractivity contribution < 1.29 is 19.8 Å². The van der Waals surface area contributed by atoms with Crippen LogP contribution in [0.3, 0.4) is 0 Å². The lowest BCUT2D eigenvalue weighted by Gasteiger charge is -2.04. The minimum absolute atomic E-state index is 0.0859. The Bertz CT molecular complexity index is 1050. The first-order valence-electron chi connectivity index (χ1n) is 7.72. The average molecular weight is 334 g/mol. The molecule has 0 fully saturated rings. The SMILES string of the molecule is O=C(O)c1[nH]c2ccccc2c1Cc1c(C(=O)O)[nH]c2ccccc12. The van der Waals surface area contributed by atoms with Gasteiger partial charge in [-0.25, -0.2) is 9.59 Å². The Morgan fingerprint density at radius 2 is 1.12 bits per heavy atom. The zero-order valence-electron chi connectivity index (χ0n) is 13.0. The van der Waals surface area contributed by atoms with E-state index in [0.29, 0.717) is 22.2 Å². The van der Waals surface area contributed by atoms with E-state index in [1.165, 1.54) is 0 Å². The second kappa shape index (κ2) is 5.52. The number of aromatic carboxylic acids is 2. The number of carboxylic acid groups (broad SMARTS) is 2. The lowest BCUT2D eigenvalue weighted by Crippen LogP contribution is -2.05. The standard InChI is InChI=1S/C19H14N2O4/c22-18(23)16-12(10-5-1-3-7-14(10)20-16)9-13-11-6-2-4-8-15(11)21-17(13)19(24)25/h1-8,20-21H,9H2,(H,22,23)(H,24,25). The van der Waals surface area contributed by atoms with Crippen LogP contribution in [0.1, 0.15) is 32.1 Å². The summed E-state index contributed by atoms with van der Waals surface area (Å²) in [5, 5.41) is 20.6. The van der Waals surface area contributed by atoms with E-state index in [2.05, 4.69) is 9.97 Å². The Labute approximate surface area is 141 Å². The number of para-hydroxylation sites is 2. The number of aromatic nitrogens is 2. The van der Waals surface area contributed by atoms with E-state index in [1.54, 1.807) is 12.1 Å². The molecule has 0 saturated carbocycles. The van der Waals surface area contributed by atoms with Crippen molar-refractivity contribution in [1.29, 1.82) is 0 Å². The van der Waals surface area contributed by atoms with Gasteiger partial charge in [0.2, 0.25) is 0 Å². The van der Waals surface area contributed by atoms with Crippen LogP contribution in [0.15, 0.2) is 48.5 Å². The van der Waals surface area contributed by atoms with Crippen molar-refractivity contribution >= 4 is 33.7 Å². The highest BCUT2D eigenvalue weighted by Gasteiger charge is 2.22. The number of carbonyl (C=O) groups is 2. The van der Waals surface area contributed by atoms with Gasteiger partial charge in [0.25, 0.3) is 0 Å². The molecule has 0 aliphatic rings. The molecular weight excluding hydrogens is 320 g/mol. The fourth-order valence-corrected chi connectivity index (χ4v) is 3.31. The number of H-pyrrole nitrogens is 2. The van der Waals surface area contributed by atoms with Gasteiger partial charge in [-0.05, 0) is 23.3 Å². The van der Waals surface area contributed by atoms with Crippen LogP contribution in [-0.4, -0.2) is 32.1 Å². The van der Waals surface area contributed by atoms with Gasteiger partial charge in [-0.15, -0.1) is 0 Å². The van der Waals surface area contributed by atoms with Crippen molar-refractivity contribution in [2.45, 2.75) is 6.42 Å². The molecule has 124 valence electrons. The van der Waals surface area contributed by atoms with E-state index < -0.39 is 11.9 Å². The number of fused-ring (bicyclic) bond motifs is 2. The Morgan fingerprint density at radius 1 is 0.720 bits per heavy atom. The first-order chi connectivity index (χ1) is 12.1. The molecule has 2 aromatic heterocycles. The molecule has 25 heavy (non-hydrogen) atoms. The fourth-order valence-electron chi connectivity index (χ4n) is 3.31. The van der Waals surface area contributed by atoms with E-state index in [9.17, 15) is 19.8 Å². The molecule has 0 atom stereocenters. The third-order valence-corrected chi connectivity index (χ3v) is 4.41. The Balaban J connectivity index is 1.97. The highest BCUT2D eigenvalue weighted by Crippen LogP contribution is 2.30. The number of rotatable bonds is 4. The molecule has 4 N–H and O–H groups in total. The molecule has 4 aromatic rings. The molecule has 6 nitrogen and oxygen atoms in total. The van der Waals surface area contributed by atoms with E-state index in [4.69, 9.17) is 0 Å². The van der Waals surface area contributed by atoms with Crippen molar-refractivity contribution in [3.8, 4) is 0 Å². The lowest BCUT2D eigenvalue weighted by atomic mass is 9.99. The van der Waals surface area contributed by atoms with Gasteiger partial charge in [0, 0.05) is 28.2 Å². The van der Waals surface area contributed by atoms with Gasteiger partial charge in [-0.1, -0.05) is 36.4 Å². The largest absolute Gasteiger partial charge is 0.477 e. The van der Waals surface area contributed by atoms with Crippen LogP contribution in [0.5, 0.6) is 0 Å². The van der Waals surface area contributed by atoms with Gasteiger partial charge < -0.3 is 20.2 Å². The normalized spacial score (nSPS) is 11.2. The van der Waals surface area contributed by atoms with Crippen molar-refractivity contribution in [2.75, 3.05) is 0 Å². The van der Waals surface area contributed by atoms with Crippen LogP contribution in [0.4, 0.5) is 0 Å². The second-order valence-electron chi connectivity index (χ2n) is 5.84. The zero-order valence-corrected chi connectivity index (χ0v) is 13.0. The monoisotopic (exact) mass is 334 g/mol. The summed E-state index contributed by atoms with van der Waals surface area (Å²) in [4.78, 5) is 29.1. The number of hydrogen-bond acceptors (Lipinski definition) is 2. The van der Waals surface area contributed by atoms with Crippen molar-refractivity contribution in [3.05, 3.63) is 71.0 Å². The van der Waals surface area contributed by atoms with Crippen LogP contribution in [-0.2, 0) is 6.42 Å². The quantitative estimate of drug-likeness (QED) is 0.457. The molecule has 0 spiro atoms. The van der Waals surface area contributed by atoms with Crippen LogP contribution in [0.2, 0.25) is 0 Å². The van der Waals surface area contributed by atoms with E-state index in [-0.39, 0.29) is 17.8 Å². The average Bonchev–Trinajstić information content (AvgIpc) is 3.15. The molecule has 0 amide bonds.